The first-order valence-corrected chi connectivity index (χ1v) is 7.13. The van der Waals surface area contributed by atoms with E-state index in [1.165, 1.54) is 0 Å². The molecule has 6 heteroatoms. The summed E-state index contributed by atoms with van der Waals surface area (Å²) in [7, 11) is 1.64. The molecule has 0 unspecified atom stereocenters. The third-order valence-electron chi connectivity index (χ3n) is 2.79. The SMILES string of the molecule is CCc1nc(Cl)cc(NCCOc2ccc(OC)cc2)n1. The molecule has 0 atom stereocenters. The van der Waals surface area contributed by atoms with Crippen LogP contribution in [0.1, 0.15) is 12.7 Å². The topological polar surface area (TPSA) is 56.3 Å². The van der Waals surface area contributed by atoms with Gasteiger partial charge in [-0.1, -0.05) is 18.5 Å². The van der Waals surface area contributed by atoms with Gasteiger partial charge in [0.25, 0.3) is 0 Å². The molecule has 0 amide bonds. The monoisotopic (exact) mass is 307 g/mol. The first-order chi connectivity index (χ1) is 10.2. The van der Waals surface area contributed by atoms with E-state index in [4.69, 9.17) is 21.1 Å². The normalized spacial score (nSPS) is 10.2. The molecule has 112 valence electrons. The minimum atomic E-state index is 0.445. The standard InChI is InChI=1S/C15H18ClN3O2/c1-3-14-18-13(16)10-15(19-14)17-8-9-21-12-6-4-11(20-2)5-7-12/h4-7,10H,3,8-9H2,1-2H3,(H,17,18,19). The van der Waals surface area contributed by atoms with Crippen molar-refractivity contribution in [3.8, 4) is 11.5 Å². The molecule has 0 saturated carbocycles. The van der Waals surface area contributed by atoms with E-state index in [1.54, 1.807) is 13.2 Å². The van der Waals surface area contributed by atoms with Crippen LogP contribution in [0.2, 0.25) is 5.15 Å². The predicted molar refractivity (Wildman–Crippen MR) is 83.4 cm³/mol. The second-order valence-corrected chi connectivity index (χ2v) is 4.68. The number of ether oxygens (including phenoxy) is 2. The molecule has 21 heavy (non-hydrogen) atoms. The lowest BCUT2D eigenvalue weighted by Crippen LogP contribution is -2.13. The summed E-state index contributed by atoms with van der Waals surface area (Å²) in [5, 5.41) is 3.61. The molecule has 0 spiro atoms. The molecule has 0 saturated heterocycles. The van der Waals surface area contributed by atoms with Gasteiger partial charge in [-0.05, 0) is 24.3 Å². The van der Waals surface area contributed by atoms with E-state index in [1.807, 2.05) is 31.2 Å². The molecule has 0 fully saturated rings. The Bertz CT molecular complexity index is 576. The van der Waals surface area contributed by atoms with Gasteiger partial charge in [0.2, 0.25) is 0 Å². The molecule has 2 aromatic rings. The Morgan fingerprint density at radius 2 is 1.86 bits per heavy atom. The number of aryl methyl sites for hydroxylation is 1. The summed E-state index contributed by atoms with van der Waals surface area (Å²) in [6.45, 7) is 3.14. The molecule has 5 nitrogen and oxygen atoms in total. The molecule has 0 aliphatic heterocycles. The minimum absolute atomic E-state index is 0.445. The van der Waals surface area contributed by atoms with Crippen molar-refractivity contribution in [3.05, 3.63) is 41.3 Å². The third kappa shape index (κ3) is 4.79. The Labute approximate surface area is 129 Å². The first kappa shape index (κ1) is 15.4. The highest BCUT2D eigenvalue weighted by Crippen LogP contribution is 2.17. The van der Waals surface area contributed by atoms with Crippen LogP contribution in [0.3, 0.4) is 0 Å². The number of methoxy groups -OCH3 is 1. The molecule has 0 aliphatic carbocycles. The fourth-order valence-corrected chi connectivity index (χ4v) is 1.93. The highest BCUT2D eigenvalue weighted by molar-refractivity contribution is 6.29. The Morgan fingerprint density at radius 1 is 1.14 bits per heavy atom. The number of rotatable bonds is 7. The van der Waals surface area contributed by atoms with Crippen LogP contribution in [-0.2, 0) is 6.42 Å². The highest BCUT2D eigenvalue weighted by atomic mass is 35.5. The summed E-state index contributed by atoms with van der Waals surface area (Å²) in [6.07, 6.45) is 0.748. The molecule has 0 aliphatic rings. The van der Waals surface area contributed by atoms with Gasteiger partial charge >= 0.3 is 0 Å². The van der Waals surface area contributed by atoms with Crippen molar-refractivity contribution in [2.45, 2.75) is 13.3 Å². The molecule has 0 radical (unpaired) electrons. The van der Waals surface area contributed by atoms with Gasteiger partial charge in [-0.3, -0.25) is 0 Å². The number of hydrogen-bond acceptors (Lipinski definition) is 5. The number of aromatic nitrogens is 2. The van der Waals surface area contributed by atoms with E-state index in [2.05, 4.69) is 15.3 Å². The number of anilines is 1. The lowest BCUT2D eigenvalue weighted by atomic mass is 10.3. The van der Waals surface area contributed by atoms with E-state index in [0.29, 0.717) is 24.1 Å². The van der Waals surface area contributed by atoms with Crippen molar-refractivity contribution in [1.29, 1.82) is 0 Å². The summed E-state index contributed by atoms with van der Waals surface area (Å²) in [6, 6.07) is 9.17. The molecule has 1 aromatic heterocycles. The number of benzene rings is 1. The number of nitrogens with one attached hydrogen (secondary N) is 1. The lowest BCUT2D eigenvalue weighted by molar-refractivity contribution is 0.331. The van der Waals surface area contributed by atoms with Crippen LogP contribution in [0, 0.1) is 0 Å². The highest BCUT2D eigenvalue weighted by Gasteiger charge is 2.01. The second-order valence-electron chi connectivity index (χ2n) is 4.30. The van der Waals surface area contributed by atoms with Gasteiger partial charge in [0.15, 0.2) is 0 Å². The van der Waals surface area contributed by atoms with Crippen molar-refractivity contribution in [3.63, 3.8) is 0 Å². The van der Waals surface area contributed by atoms with Gasteiger partial charge in [-0.2, -0.15) is 0 Å². The maximum absolute atomic E-state index is 5.93. The van der Waals surface area contributed by atoms with Gasteiger partial charge in [-0.25, -0.2) is 9.97 Å². The first-order valence-electron chi connectivity index (χ1n) is 6.75. The van der Waals surface area contributed by atoms with Gasteiger partial charge in [0.1, 0.15) is 34.9 Å². The largest absolute Gasteiger partial charge is 0.497 e. The molecular formula is C15H18ClN3O2. The minimum Gasteiger partial charge on any atom is -0.497 e. The summed E-state index contributed by atoms with van der Waals surface area (Å²) < 4.78 is 10.7. The Kier molecular flexibility index (Phi) is 5.63. The second kappa shape index (κ2) is 7.69. The van der Waals surface area contributed by atoms with Gasteiger partial charge in [-0.15, -0.1) is 0 Å². The number of halogens is 1. The van der Waals surface area contributed by atoms with Crippen LogP contribution in [0.15, 0.2) is 30.3 Å². The summed E-state index contributed by atoms with van der Waals surface area (Å²) in [5.74, 6) is 3.04. The molecule has 2 rings (SSSR count). The molecular weight excluding hydrogens is 290 g/mol. The fourth-order valence-electron chi connectivity index (χ4n) is 1.73. The van der Waals surface area contributed by atoms with E-state index >= 15 is 0 Å². The fraction of sp³-hybridized carbons (Fsp3) is 0.333. The van der Waals surface area contributed by atoms with Crippen LogP contribution in [0.4, 0.5) is 5.82 Å². The zero-order valence-corrected chi connectivity index (χ0v) is 12.9. The van der Waals surface area contributed by atoms with Gasteiger partial charge < -0.3 is 14.8 Å². The number of nitrogens with zero attached hydrogens (tertiary/aromatic N) is 2. The number of hydrogen-bond donors (Lipinski definition) is 1. The van der Waals surface area contributed by atoms with Crippen molar-refractivity contribution < 1.29 is 9.47 Å². The average molecular weight is 308 g/mol. The summed E-state index contributed by atoms with van der Waals surface area (Å²) >= 11 is 5.93. The zero-order chi connectivity index (χ0) is 15.1. The molecule has 1 N–H and O–H groups in total. The van der Waals surface area contributed by atoms with Crippen LogP contribution in [-0.4, -0.2) is 30.2 Å². The Hall–Kier alpha value is -2.01. The smallest absolute Gasteiger partial charge is 0.134 e. The summed E-state index contributed by atoms with van der Waals surface area (Å²) in [4.78, 5) is 8.46. The van der Waals surface area contributed by atoms with E-state index in [9.17, 15) is 0 Å². The van der Waals surface area contributed by atoms with Gasteiger partial charge in [0.05, 0.1) is 13.7 Å². The Morgan fingerprint density at radius 3 is 2.52 bits per heavy atom. The van der Waals surface area contributed by atoms with Crippen LogP contribution < -0.4 is 14.8 Å². The maximum atomic E-state index is 5.93. The van der Waals surface area contributed by atoms with E-state index < -0.39 is 0 Å². The van der Waals surface area contributed by atoms with Crippen LogP contribution in [0.5, 0.6) is 11.5 Å². The zero-order valence-electron chi connectivity index (χ0n) is 12.1. The van der Waals surface area contributed by atoms with Crippen molar-refractivity contribution in [2.75, 3.05) is 25.6 Å². The molecule has 1 aromatic carbocycles. The summed E-state index contributed by atoms with van der Waals surface area (Å²) in [5.41, 5.74) is 0. The Balaban J connectivity index is 1.80. The van der Waals surface area contributed by atoms with Crippen LogP contribution in [0.25, 0.3) is 0 Å². The van der Waals surface area contributed by atoms with Crippen molar-refractivity contribution >= 4 is 17.4 Å². The average Bonchev–Trinajstić information content (AvgIpc) is 2.51. The van der Waals surface area contributed by atoms with Crippen molar-refractivity contribution in [2.24, 2.45) is 0 Å². The molecule has 0 bridgehead atoms. The third-order valence-corrected chi connectivity index (χ3v) is 2.99. The van der Waals surface area contributed by atoms with Crippen LogP contribution >= 0.6 is 11.6 Å². The molecule has 1 heterocycles. The maximum Gasteiger partial charge on any atom is 0.134 e. The van der Waals surface area contributed by atoms with Gasteiger partial charge in [0, 0.05) is 12.5 Å². The quantitative estimate of drug-likeness (QED) is 0.629. The van der Waals surface area contributed by atoms with E-state index in [0.717, 1.165) is 23.7 Å². The lowest BCUT2D eigenvalue weighted by Gasteiger charge is -2.09. The van der Waals surface area contributed by atoms with E-state index in [-0.39, 0.29) is 0 Å². The predicted octanol–water partition coefficient (Wildman–Crippen LogP) is 3.19. The van der Waals surface area contributed by atoms with Crippen molar-refractivity contribution in [1.82, 2.24) is 9.97 Å².